The molecule has 0 aliphatic rings. The molecule has 0 radical (unpaired) electrons. The lowest BCUT2D eigenvalue weighted by Crippen LogP contribution is -2.26. The molecule has 6 nitrogen and oxygen atoms in total. The molecule has 3 rings (SSSR count). The minimum Gasteiger partial charge on any atom is -0.493 e. The minimum atomic E-state index is -0.195. The van der Waals surface area contributed by atoms with E-state index in [4.69, 9.17) is 9.47 Å². The summed E-state index contributed by atoms with van der Waals surface area (Å²) < 4.78 is 10.6. The monoisotopic (exact) mass is 411 g/mol. The zero-order chi connectivity index (χ0) is 21.0. The second-order valence-electron chi connectivity index (χ2n) is 6.62. The Morgan fingerprint density at radius 3 is 2.45 bits per heavy atom. The van der Waals surface area contributed by atoms with Crippen LogP contribution in [0.25, 0.3) is 0 Å². The van der Waals surface area contributed by atoms with E-state index in [2.05, 4.69) is 10.3 Å². The van der Waals surface area contributed by atoms with Crippen LogP contribution in [-0.2, 0) is 0 Å². The van der Waals surface area contributed by atoms with Crippen LogP contribution in [0.3, 0.4) is 0 Å². The van der Waals surface area contributed by atoms with Crippen molar-refractivity contribution in [3.05, 3.63) is 64.7 Å². The van der Waals surface area contributed by atoms with E-state index in [9.17, 15) is 4.79 Å². The van der Waals surface area contributed by atoms with Crippen LogP contribution >= 0.6 is 11.3 Å². The summed E-state index contributed by atoms with van der Waals surface area (Å²) in [7, 11) is 5.14. The van der Waals surface area contributed by atoms with Gasteiger partial charge in [0.25, 0.3) is 5.91 Å². The maximum atomic E-state index is 12.9. The van der Waals surface area contributed by atoms with Gasteiger partial charge in [-0.2, -0.15) is 0 Å². The zero-order valence-corrected chi connectivity index (χ0v) is 18.0. The number of ether oxygens (including phenoxy) is 2. The van der Waals surface area contributed by atoms with Crippen molar-refractivity contribution in [2.75, 3.05) is 26.2 Å². The van der Waals surface area contributed by atoms with E-state index in [0.717, 1.165) is 16.4 Å². The van der Waals surface area contributed by atoms with Gasteiger partial charge >= 0.3 is 0 Å². The van der Waals surface area contributed by atoms with E-state index in [0.29, 0.717) is 22.1 Å². The molecule has 0 aliphatic carbocycles. The molecule has 0 fully saturated rings. The van der Waals surface area contributed by atoms with Gasteiger partial charge in [0.05, 0.1) is 26.0 Å². The molecule has 152 valence electrons. The first-order valence-corrected chi connectivity index (χ1v) is 10.0. The summed E-state index contributed by atoms with van der Waals surface area (Å²) in [5.74, 6) is 1.14. The molecule has 1 unspecified atom stereocenters. The summed E-state index contributed by atoms with van der Waals surface area (Å²) in [6.45, 7) is 3.79. The van der Waals surface area contributed by atoms with Crippen LogP contribution in [0.1, 0.15) is 33.9 Å². The lowest BCUT2D eigenvalue weighted by Gasteiger charge is -2.16. The molecule has 1 amide bonds. The molecular weight excluding hydrogens is 386 g/mol. The fraction of sp³-hybridized carbons (Fsp3) is 0.273. The van der Waals surface area contributed by atoms with E-state index >= 15 is 0 Å². The van der Waals surface area contributed by atoms with Gasteiger partial charge in [-0.25, -0.2) is 4.98 Å². The molecule has 0 spiro atoms. The Labute approximate surface area is 175 Å². The molecule has 2 aromatic carbocycles. The summed E-state index contributed by atoms with van der Waals surface area (Å²) in [5.41, 5.74) is 2.66. The van der Waals surface area contributed by atoms with Crippen molar-refractivity contribution in [2.24, 2.45) is 0 Å². The molecule has 29 heavy (non-hydrogen) atoms. The van der Waals surface area contributed by atoms with Crippen LogP contribution in [0.5, 0.6) is 11.5 Å². The maximum absolute atomic E-state index is 12.9. The number of para-hydroxylation sites is 1. The van der Waals surface area contributed by atoms with Crippen molar-refractivity contribution >= 4 is 28.1 Å². The third-order valence-electron chi connectivity index (χ3n) is 4.68. The highest BCUT2D eigenvalue weighted by atomic mass is 32.1. The Balaban J connectivity index is 1.76. The number of hydrogen-bond acceptors (Lipinski definition) is 6. The SMILES string of the molecule is COc1ccc(C(C)NC(=O)c2sc(N(C)c3ccccc3)nc2C)cc1OC. The summed E-state index contributed by atoms with van der Waals surface area (Å²) in [5, 5.41) is 3.83. The summed E-state index contributed by atoms with van der Waals surface area (Å²) in [6.07, 6.45) is 0. The molecule has 1 heterocycles. The normalized spacial score (nSPS) is 11.6. The van der Waals surface area contributed by atoms with Crippen molar-refractivity contribution in [1.82, 2.24) is 10.3 Å². The van der Waals surface area contributed by atoms with Gasteiger partial charge in [-0.1, -0.05) is 35.6 Å². The first kappa shape index (κ1) is 20.7. The molecule has 0 aliphatic heterocycles. The second-order valence-corrected chi connectivity index (χ2v) is 7.59. The van der Waals surface area contributed by atoms with Crippen LogP contribution in [-0.4, -0.2) is 32.2 Å². The van der Waals surface area contributed by atoms with E-state index in [1.54, 1.807) is 14.2 Å². The predicted octanol–water partition coefficient (Wildman–Crippen LogP) is 4.73. The van der Waals surface area contributed by atoms with Gasteiger partial charge in [0.15, 0.2) is 16.6 Å². The number of rotatable bonds is 7. The van der Waals surface area contributed by atoms with Gasteiger partial charge < -0.3 is 19.7 Å². The summed E-state index contributed by atoms with van der Waals surface area (Å²) in [4.78, 5) is 20.1. The van der Waals surface area contributed by atoms with Crippen molar-refractivity contribution in [3.8, 4) is 11.5 Å². The van der Waals surface area contributed by atoms with Gasteiger partial charge in [0, 0.05) is 12.7 Å². The number of carbonyl (C=O) groups excluding carboxylic acids is 1. The van der Waals surface area contributed by atoms with E-state index < -0.39 is 0 Å². The third-order valence-corrected chi connectivity index (χ3v) is 5.91. The highest BCUT2D eigenvalue weighted by molar-refractivity contribution is 7.17. The van der Waals surface area contributed by atoms with Crippen molar-refractivity contribution in [1.29, 1.82) is 0 Å². The average Bonchev–Trinajstić information content (AvgIpc) is 3.14. The quantitative estimate of drug-likeness (QED) is 0.609. The Kier molecular flexibility index (Phi) is 6.39. The standard InChI is InChI=1S/C22H25N3O3S/c1-14(16-11-12-18(27-4)19(13-16)28-5)23-21(26)20-15(2)24-22(29-20)25(3)17-9-7-6-8-10-17/h6-14H,1-5H3,(H,23,26). The van der Waals surface area contributed by atoms with Crippen LogP contribution in [0.4, 0.5) is 10.8 Å². The Morgan fingerprint density at radius 2 is 1.79 bits per heavy atom. The van der Waals surface area contributed by atoms with E-state index in [-0.39, 0.29) is 11.9 Å². The molecule has 0 saturated heterocycles. The van der Waals surface area contributed by atoms with Gasteiger partial charge in [-0.3, -0.25) is 4.79 Å². The van der Waals surface area contributed by atoms with Crippen LogP contribution in [0.15, 0.2) is 48.5 Å². The number of nitrogens with one attached hydrogen (secondary N) is 1. The highest BCUT2D eigenvalue weighted by Crippen LogP contribution is 2.32. The van der Waals surface area contributed by atoms with Gasteiger partial charge in [-0.05, 0) is 43.7 Å². The number of thiazole rings is 1. The smallest absolute Gasteiger partial charge is 0.263 e. The van der Waals surface area contributed by atoms with Crippen molar-refractivity contribution in [2.45, 2.75) is 19.9 Å². The topological polar surface area (TPSA) is 63.7 Å². The molecule has 0 saturated carbocycles. The van der Waals surface area contributed by atoms with Gasteiger partial charge in [0.2, 0.25) is 0 Å². The molecule has 1 atom stereocenters. The first-order valence-electron chi connectivity index (χ1n) is 9.23. The first-order chi connectivity index (χ1) is 13.9. The van der Waals surface area contributed by atoms with Crippen LogP contribution in [0.2, 0.25) is 0 Å². The minimum absolute atomic E-state index is 0.144. The molecule has 1 aromatic heterocycles. The predicted molar refractivity (Wildman–Crippen MR) is 117 cm³/mol. The Hall–Kier alpha value is -3.06. The molecular formula is C22H25N3O3S. The average molecular weight is 412 g/mol. The number of aryl methyl sites for hydroxylation is 1. The lowest BCUT2D eigenvalue weighted by molar-refractivity contribution is 0.0943. The number of nitrogens with zero attached hydrogens (tertiary/aromatic N) is 2. The van der Waals surface area contributed by atoms with Gasteiger partial charge in [-0.15, -0.1) is 0 Å². The number of anilines is 2. The third kappa shape index (κ3) is 4.51. The molecule has 7 heteroatoms. The number of aromatic nitrogens is 1. The Bertz CT molecular complexity index is 988. The van der Waals surface area contributed by atoms with Crippen LogP contribution in [0, 0.1) is 6.92 Å². The maximum Gasteiger partial charge on any atom is 0.263 e. The van der Waals surface area contributed by atoms with Crippen molar-refractivity contribution in [3.63, 3.8) is 0 Å². The lowest BCUT2D eigenvalue weighted by atomic mass is 10.1. The number of hydrogen-bond donors (Lipinski definition) is 1. The number of methoxy groups -OCH3 is 2. The Morgan fingerprint density at radius 1 is 1.10 bits per heavy atom. The van der Waals surface area contributed by atoms with Crippen molar-refractivity contribution < 1.29 is 14.3 Å². The summed E-state index contributed by atoms with van der Waals surface area (Å²) in [6, 6.07) is 15.4. The molecule has 0 bridgehead atoms. The largest absolute Gasteiger partial charge is 0.493 e. The number of amides is 1. The second kappa shape index (κ2) is 8.96. The fourth-order valence-electron chi connectivity index (χ4n) is 2.97. The number of benzene rings is 2. The molecule has 1 N–H and O–H groups in total. The van der Waals surface area contributed by atoms with E-state index in [1.807, 2.05) is 74.3 Å². The fourth-order valence-corrected chi connectivity index (χ4v) is 3.92. The summed E-state index contributed by atoms with van der Waals surface area (Å²) >= 11 is 1.38. The van der Waals surface area contributed by atoms with Gasteiger partial charge in [0.1, 0.15) is 4.88 Å². The molecule has 3 aromatic rings. The van der Waals surface area contributed by atoms with E-state index in [1.165, 1.54) is 11.3 Å². The number of carbonyl (C=O) groups is 1. The van der Waals surface area contributed by atoms with Crippen LogP contribution < -0.4 is 19.7 Å². The zero-order valence-electron chi connectivity index (χ0n) is 17.2. The highest BCUT2D eigenvalue weighted by Gasteiger charge is 2.20.